The molecule has 1 aromatic carbocycles. The van der Waals surface area contributed by atoms with E-state index in [4.69, 9.17) is 0 Å². The average Bonchev–Trinajstić information content (AvgIpc) is 2.67. The summed E-state index contributed by atoms with van der Waals surface area (Å²) >= 11 is 0. The molecule has 2 aliphatic rings. The van der Waals surface area contributed by atoms with Gasteiger partial charge in [0, 0.05) is 5.70 Å². The lowest BCUT2D eigenvalue weighted by molar-refractivity contribution is 0.217. The van der Waals surface area contributed by atoms with Crippen molar-refractivity contribution in [1.29, 1.82) is 21.0 Å². The van der Waals surface area contributed by atoms with Gasteiger partial charge in [0.15, 0.2) is 0 Å². The minimum atomic E-state index is -1.80. The number of nitrogens with zero attached hydrogens (tertiary/aromatic N) is 4. The highest BCUT2D eigenvalue weighted by atomic mass is 15.0. The van der Waals surface area contributed by atoms with E-state index in [1.54, 1.807) is 0 Å². The van der Waals surface area contributed by atoms with Gasteiger partial charge in [-0.1, -0.05) is 30.3 Å². The van der Waals surface area contributed by atoms with Crippen LogP contribution in [0.3, 0.4) is 0 Å². The molecule has 1 heterocycles. The highest BCUT2D eigenvalue weighted by Crippen LogP contribution is 2.57. The minimum absolute atomic E-state index is 0.566. The molecule has 0 bridgehead atoms. The van der Waals surface area contributed by atoms with Crippen LogP contribution in [0.5, 0.6) is 0 Å². The average molecular weight is 313 g/mol. The van der Waals surface area contributed by atoms with Crippen molar-refractivity contribution in [3.63, 3.8) is 0 Å². The van der Waals surface area contributed by atoms with Gasteiger partial charge >= 0.3 is 0 Å². The van der Waals surface area contributed by atoms with Crippen LogP contribution in [-0.2, 0) is 0 Å². The molecule has 116 valence electrons. The number of hydrogen-bond acceptors (Lipinski definition) is 5. The van der Waals surface area contributed by atoms with E-state index in [9.17, 15) is 21.0 Å². The highest BCUT2D eigenvalue weighted by Gasteiger charge is 2.64. The summed E-state index contributed by atoms with van der Waals surface area (Å²) in [5.41, 5.74) is -1.35. The second-order valence-corrected chi connectivity index (χ2v) is 6.16. The fourth-order valence-corrected chi connectivity index (χ4v) is 3.85. The highest BCUT2D eigenvalue weighted by molar-refractivity contribution is 5.53. The summed E-state index contributed by atoms with van der Waals surface area (Å²) in [7, 11) is 0. The Labute approximate surface area is 141 Å². The predicted molar refractivity (Wildman–Crippen MR) is 85.1 cm³/mol. The SMILES string of the molecule is N#CC1(C#N)C2=C(CCCC2)N[C@@H](c2ccccc2)C1(C#N)C#N. The lowest BCUT2D eigenvalue weighted by Gasteiger charge is -2.46. The maximum absolute atomic E-state index is 9.92. The van der Waals surface area contributed by atoms with E-state index >= 15 is 0 Å². The van der Waals surface area contributed by atoms with E-state index in [-0.39, 0.29) is 0 Å². The van der Waals surface area contributed by atoms with Crippen molar-refractivity contribution in [1.82, 2.24) is 5.32 Å². The molecular weight excluding hydrogens is 298 g/mol. The van der Waals surface area contributed by atoms with Gasteiger partial charge in [-0.15, -0.1) is 0 Å². The molecule has 0 saturated carbocycles. The van der Waals surface area contributed by atoms with E-state index in [0.29, 0.717) is 12.0 Å². The van der Waals surface area contributed by atoms with Gasteiger partial charge in [0.25, 0.3) is 0 Å². The van der Waals surface area contributed by atoms with Gasteiger partial charge in [-0.3, -0.25) is 0 Å². The fourth-order valence-electron chi connectivity index (χ4n) is 3.85. The topological polar surface area (TPSA) is 107 Å². The molecule has 0 saturated heterocycles. The lowest BCUT2D eigenvalue weighted by atomic mass is 9.54. The molecule has 1 aliphatic carbocycles. The van der Waals surface area contributed by atoms with Crippen molar-refractivity contribution in [3.8, 4) is 24.3 Å². The van der Waals surface area contributed by atoms with E-state index < -0.39 is 16.9 Å². The third-order valence-corrected chi connectivity index (χ3v) is 5.08. The Hall–Kier alpha value is -3.28. The smallest absolute Gasteiger partial charge is 0.203 e. The first-order valence-corrected chi connectivity index (χ1v) is 7.88. The maximum Gasteiger partial charge on any atom is 0.203 e. The molecule has 0 aromatic heterocycles. The van der Waals surface area contributed by atoms with Gasteiger partial charge in [0.2, 0.25) is 10.8 Å². The molecule has 1 aromatic rings. The molecule has 0 radical (unpaired) electrons. The Bertz CT molecular complexity index is 826. The molecule has 3 rings (SSSR count). The van der Waals surface area contributed by atoms with Crippen LogP contribution in [0.1, 0.15) is 37.3 Å². The number of nitrogens with one attached hydrogen (secondary N) is 1. The number of nitriles is 4. The molecule has 5 heteroatoms. The summed E-state index contributed by atoms with van der Waals surface area (Å²) in [6.07, 6.45) is 3.12. The molecule has 0 amide bonds. The normalized spacial score (nSPS) is 23.4. The van der Waals surface area contributed by atoms with E-state index in [0.717, 1.165) is 30.5 Å². The maximum atomic E-state index is 9.92. The largest absolute Gasteiger partial charge is 0.379 e. The Morgan fingerprint density at radius 2 is 1.50 bits per heavy atom. The fraction of sp³-hybridized carbons (Fsp3) is 0.368. The zero-order chi connectivity index (χ0) is 17.2. The predicted octanol–water partition coefficient (Wildman–Crippen LogP) is 3.23. The van der Waals surface area contributed by atoms with Crippen LogP contribution in [-0.4, -0.2) is 0 Å². The third-order valence-electron chi connectivity index (χ3n) is 5.08. The van der Waals surface area contributed by atoms with Gasteiger partial charge in [-0.05, 0) is 36.8 Å². The lowest BCUT2D eigenvalue weighted by Crippen LogP contribution is -2.53. The van der Waals surface area contributed by atoms with Gasteiger partial charge in [-0.2, -0.15) is 21.0 Å². The summed E-state index contributed by atoms with van der Waals surface area (Å²) in [4.78, 5) is 0. The second kappa shape index (κ2) is 5.73. The summed E-state index contributed by atoms with van der Waals surface area (Å²) in [6.45, 7) is 0. The van der Waals surface area contributed by atoms with Gasteiger partial charge < -0.3 is 5.32 Å². The molecule has 0 fully saturated rings. The van der Waals surface area contributed by atoms with Crippen LogP contribution >= 0.6 is 0 Å². The third kappa shape index (κ3) is 1.83. The van der Waals surface area contributed by atoms with Crippen molar-refractivity contribution in [2.24, 2.45) is 10.8 Å². The van der Waals surface area contributed by atoms with Crippen molar-refractivity contribution >= 4 is 0 Å². The Morgan fingerprint density at radius 3 is 2.08 bits per heavy atom. The van der Waals surface area contributed by atoms with Crippen LogP contribution in [0.2, 0.25) is 0 Å². The summed E-state index contributed by atoms with van der Waals surface area (Å²) in [6, 6.07) is 16.6. The molecule has 0 unspecified atom stereocenters. The number of allylic oxidation sites excluding steroid dienone is 2. The standard InChI is InChI=1S/C19H15N5/c20-10-18(11-21)15-8-4-5-9-16(15)24-17(19(18,12-22)13-23)14-6-2-1-3-7-14/h1-3,6-7,17,24H,4-5,8-9H2/t17-/m0/s1. The van der Waals surface area contributed by atoms with Crippen LogP contribution in [0.15, 0.2) is 41.6 Å². The van der Waals surface area contributed by atoms with E-state index in [1.165, 1.54) is 0 Å². The van der Waals surface area contributed by atoms with Crippen molar-refractivity contribution in [3.05, 3.63) is 47.2 Å². The number of rotatable bonds is 1. The van der Waals surface area contributed by atoms with Crippen LogP contribution in [0.25, 0.3) is 0 Å². The molecule has 5 nitrogen and oxygen atoms in total. The van der Waals surface area contributed by atoms with Gasteiger partial charge in [-0.25, -0.2) is 0 Å². The molecule has 1 N–H and O–H groups in total. The van der Waals surface area contributed by atoms with E-state index in [1.807, 2.05) is 42.5 Å². The first kappa shape index (κ1) is 15.6. The van der Waals surface area contributed by atoms with Crippen molar-refractivity contribution in [2.75, 3.05) is 0 Å². The van der Waals surface area contributed by atoms with Gasteiger partial charge in [0.1, 0.15) is 0 Å². The second-order valence-electron chi connectivity index (χ2n) is 6.16. The summed E-state index contributed by atoms with van der Waals surface area (Å²) in [5, 5.41) is 43.0. The Kier molecular flexibility index (Phi) is 3.73. The minimum Gasteiger partial charge on any atom is -0.379 e. The quantitative estimate of drug-likeness (QED) is 0.856. The zero-order valence-electron chi connectivity index (χ0n) is 13.1. The summed E-state index contributed by atoms with van der Waals surface area (Å²) < 4.78 is 0. The summed E-state index contributed by atoms with van der Waals surface area (Å²) in [5.74, 6) is 0. The number of benzene rings is 1. The molecule has 1 aliphatic heterocycles. The Balaban J connectivity index is 2.33. The van der Waals surface area contributed by atoms with Crippen molar-refractivity contribution in [2.45, 2.75) is 31.7 Å². The van der Waals surface area contributed by atoms with Crippen LogP contribution < -0.4 is 5.32 Å². The first-order chi connectivity index (χ1) is 11.7. The van der Waals surface area contributed by atoms with E-state index in [2.05, 4.69) is 17.5 Å². The molecule has 1 atom stereocenters. The Morgan fingerprint density at radius 1 is 0.875 bits per heavy atom. The van der Waals surface area contributed by atoms with Crippen LogP contribution in [0, 0.1) is 56.2 Å². The van der Waals surface area contributed by atoms with Crippen molar-refractivity contribution < 1.29 is 0 Å². The number of hydrogen-bond donors (Lipinski definition) is 1. The molecule has 24 heavy (non-hydrogen) atoms. The van der Waals surface area contributed by atoms with Crippen LogP contribution in [0.4, 0.5) is 0 Å². The molecular formula is C19H15N5. The zero-order valence-corrected chi connectivity index (χ0v) is 13.1. The first-order valence-electron chi connectivity index (χ1n) is 7.88. The molecule has 0 spiro atoms. The van der Waals surface area contributed by atoms with Gasteiger partial charge in [0.05, 0.1) is 30.3 Å². The monoisotopic (exact) mass is 313 g/mol.